The maximum absolute atomic E-state index is 5.86. The topological polar surface area (TPSA) is 38.9 Å². The van der Waals surface area contributed by atoms with Gasteiger partial charge in [0.15, 0.2) is 5.82 Å². The van der Waals surface area contributed by atoms with Crippen LogP contribution in [0.3, 0.4) is 0 Å². The van der Waals surface area contributed by atoms with Crippen LogP contribution in [0.15, 0.2) is 53.1 Å². The van der Waals surface area contributed by atoms with Crippen LogP contribution in [-0.2, 0) is 12.8 Å². The number of halogens is 2. The van der Waals surface area contributed by atoms with Crippen molar-refractivity contribution in [3.63, 3.8) is 0 Å². The van der Waals surface area contributed by atoms with Crippen molar-refractivity contribution in [2.24, 2.45) is 0 Å². The smallest absolute Gasteiger partial charge is 0.231 e. The molecule has 0 saturated heterocycles. The van der Waals surface area contributed by atoms with E-state index >= 15 is 0 Å². The summed E-state index contributed by atoms with van der Waals surface area (Å²) >= 11 is 11.7. The summed E-state index contributed by atoms with van der Waals surface area (Å²) in [6, 6.07) is 15.2. The SMILES string of the molecule is Clc1ccc(Cc2noc(Cc3ccc(Cl)cc3)n2)cc1. The molecule has 3 aromatic rings. The molecule has 0 saturated carbocycles. The van der Waals surface area contributed by atoms with Crippen LogP contribution in [0.2, 0.25) is 10.0 Å². The summed E-state index contributed by atoms with van der Waals surface area (Å²) in [6.45, 7) is 0. The normalized spacial score (nSPS) is 10.8. The van der Waals surface area contributed by atoms with Gasteiger partial charge in [-0.05, 0) is 35.4 Å². The number of hydrogen-bond acceptors (Lipinski definition) is 3. The van der Waals surface area contributed by atoms with Gasteiger partial charge in [0, 0.05) is 16.5 Å². The van der Waals surface area contributed by atoms with Crippen LogP contribution >= 0.6 is 23.2 Å². The molecule has 0 aliphatic rings. The van der Waals surface area contributed by atoms with Crippen LogP contribution in [0.25, 0.3) is 0 Å². The summed E-state index contributed by atoms with van der Waals surface area (Å²) < 4.78 is 5.27. The summed E-state index contributed by atoms with van der Waals surface area (Å²) in [7, 11) is 0. The lowest BCUT2D eigenvalue weighted by Gasteiger charge is -1.97. The molecule has 0 bridgehead atoms. The molecule has 21 heavy (non-hydrogen) atoms. The lowest BCUT2D eigenvalue weighted by Crippen LogP contribution is -1.92. The molecule has 3 nitrogen and oxygen atoms in total. The Labute approximate surface area is 132 Å². The zero-order valence-corrected chi connectivity index (χ0v) is 12.6. The van der Waals surface area contributed by atoms with Crippen LogP contribution in [0.4, 0.5) is 0 Å². The Balaban J connectivity index is 1.68. The average Bonchev–Trinajstić information content (AvgIpc) is 2.91. The minimum Gasteiger partial charge on any atom is -0.339 e. The Morgan fingerprint density at radius 3 is 1.86 bits per heavy atom. The molecule has 1 heterocycles. The lowest BCUT2D eigenvalue weighted by molar-refractivity contribution is 0.380. The maximum Gasteiger partial charge on any atom is 0.231 e. The van der Waals surface area contributed by atoms with E-state index in [4.69, 9.17) is 27.7 Å². The van der Waals surface area contributed by atoms with Crippen molar-refractivity contribution >= 4 is 23.2 Å². The van der Waals surface area contributed by atoms with Gasteiger partial charge in [-0.1, -0.05) is 52.6 Å². The minimum atomic E-state index is 0.598. The van der Waals surface area contributed by atoms with E-state index in [1.54, 1.807) is 0 Å². The van der Waals surface area contributed by atoms with Crippen molar-refractivity contribution in [3.05, 3.63) is 81.4 Å². The van der Waals surface area contributed by atoms with E-state index in [1.165, 1.54) is 0 Å². The number of rotatable bonds is 4. The highest BCUT2D eigenvalue weighted by molar-refractivity contribution is 6.30. The van der Waals surface area contributed by atoms with E-state index in [1.807, 2.05) is 48.5 Å². The Morgan fingerprint density at radius 1 is 0.762 bits per heavy atom. The van der Waals surface area contributed by atoms with Crippen LogP contribution in [0, 0.1) is 0 Å². The average molecular weight is 319 g/mol. The van der Waals surface area contributed by atoms with Crippen molar-refractivity contribution in [1.29, 1.82) is 0 Å². The first-order valence-corrected chi connectivity index (χ1v) is 7.25. The van der Waals surface area contributed by atoms with Crippen LogP contribution < -0.4 is 0 Å². The van der Waals surface area contributed by atoms with Gasteiger partial charge < -0.3 is 4.52 Å². The molecule has 106 valence electrons. The highest BCUT2D eigenvalue weighted by atomic mass is 35.5. The van der Waals surface area contributed by atoms with Gasteiger partial charge in [-0.25, -0.2) is 0 Å². The van der Waals surface area contributed by atoms with Crippen LogP contribution in [-0.4, -0.2) is 10.1 Å². The molecule has 0 N–H and O–H groups in total. The molecule has 3 rings (SSSR count). The fourth-order valence-corrected chi connectivity index (χ4v) is 2.25. The first-order valence-electron chi connectivity index (χ1n) is 6.49. The van der Waals surface area contributed by atoms with Crippen molar-refractivity contribution in [2.45, 2.75) is 12.8 Å². The van der Waals surface area contributed by atoms with Gasteiger partial charge >= 0.3 is 0 Å². The molecule has 0 unspecified atom stereocenters. The fourth-order valence-electron chi connectivity index (χ4n) is 2.00. The second-order valence-corrected chi connectivity index (χ2v) is 5.58. The molecular formula is C16H12Cl2N2O. The van der Waals surface area contributed by atoms with Crippen LogP contribution in [0.1, 0.15) is 22.8 Å². The largest absolute Gasteiger partial charge is 0.339 e. The quantitative estimate of drug-likeness (QED) is 0.708. The fraction of sp³-hybridized carbons (Fsp3) is 0.125. The molecule has 2 aromatic carbocycles. The molecule has 0 radical (unpaired) electrons. The van der Waals surface area contributed by atoms with Gasteiger partial charge in [-0.15, -0.1) is 0 Å². The van der Waals surface area contributed by atoms with Crippen molar-refractivity contribution < 1.29 is 4.52 Å². The Morgan fingerprint density at radius 2 is 1.29 bits per heavy atom. The number of aromatic nitrogens is 2. The second kappa shape index (κ2) is 6.29. The summed E-state index contributed by atoms with van der Waals surface area (Å²) in [4.78, 5) is 4.40. The van der Waals surface area contributed by atoms with E-state index in [-0.39, 0.29) is 0 Å². The van der Waals surface area contributed by atoms with Crippen molar-refractivity contribution in [3.8, 4) is 0 Å². The van der Waals surface area contributed by atoms with Gasteiger partial charge in [0.05, 0.1) is 6.42 Å². The highest BCUT2D eigenvalue weighted by Gasteiger charge is 2.08. The van der Waals surface area contributed by atoms with E-state index in [0.29, 0.717) is 29.6 Å². The highest BCUT2D eigenvalue weighted by Crippen LogP contribution is 2.15. The first-order chi connectivity index (χ1) is 10.2. The maximum atomic E-state index is 5.86. The first kappa shape index (κ1) is 14.1. The molecule has 1 aromatic heterocycles. The van der Waals surface area contributed by atoms with E-state index in [0.717, 1.165) is 16.1 Å². The number of hydrogen-bond donors (Lipinski definition) is 0. The third-order valence-electron chi connectivity index (χ3n) is 3.05. The monoisotopic (exact) mass is 318 g/mol. The van der Waals surface area contributed by atoms with Crippen molar-refractivity contribution in [2.75, 3.05) is 0 Å². The third kappa shape index (κ3) is 3.84. The number of benzene rings is 2. The Bertz CT molecular complexity index is 659. The molecule has 5 heteroatoms. The van der Waals surface area contributed by atoms with Gasteiger partial charge in [-0.2, -0.15) is 4.98 Å². The summed E-state index contributed by atoms with van der Waals surface area (Å²) in [5.74, 6) is 1.27. The van der Waals surface area contributed by atoms with Gasteiger partial charge in [0.2, 0.25) is 5.89 Å². The predicted octanol–water partition coefficient (Wildman–Crippen LogP) is 4.56. The van der Waals surface area contributed by atoms with E-state index in [9.17, 15) is 0 Å². The number of nitrogens with zero attached hydrogens (tertiary/aromatic N) is 2. The molecule has 0 atom stereocenters. The Hall–Kier alpha value is -1.84. The summed E-state index contributed by atoms with van der Waals surface area (Å²) in [5.41, 5.74) is 2.18. The van der Waals surface area contributed by atoms with E-state index < -0.39 is 0 Å². The van der Waals surface area contributed by atoms with E-state index in [2.05, 4.69) is 10.1 Å². The molecular weight excluding hydrogens is 307 g/mol. The van der Waals surface area contributed by atoms with Gasteiger partial charge in [0.1, 0.15) is 0 Å². The zero-order valence-electron chi connectivity index (χ0n) is 11.1. The molecule has 0 spiro atoms. The van der Waals surface area contributed by atoms with Crippen LogP contribution in [0.5, 0.6) is 0 Å². The predicted molar refractivity (Wildman–Crippen MR) is 82.8 cm³/mol. The second-order valence-electron chi connectivity index (χ2n) is 4.71. The standard InChI is InChI=1S/C16H12Cl2N2O/c17-13-5-1-11(2-6-13)9-15-19-16(21-20-15)10-12-3-7-14(18)8-4-12/h1-8H,9-10H2. The van der Waals surface area contributed by atoms with Gasteiger partial charge in [0.25, 0.3) is 0 Å². The minimum absolute atomic E-state index is 0.598. The molecule has 0 aliphatic heterocycles. The molecule has 0 aliphatic carbocycles. The van der Waals surface area contributed by atoms with Crippen molar-refractivity contribution in [1.82, 2.24) is 10.1 Å². The molecule has 0 fully saturated rings. The van der Waals surface area contributed by atoms with Gasteiger partial charge in [-0.3, -0.25) is 0 Å². The molecule has 0 amide bonds. The Kier molecular flexibility index (Phi) is 4.23. The third-order valence-corrected chi connectivity index (χ3v) is 3.56. The summed E-state index contributed by atoms with van der Waals surface area (Å²) in [6.07, 6.45) is 1.23. The summed E-state index contributed by atoms with van der Waals surface area (Å²) in [5, 5.41) is 5.44. The lowest BCUT2D eigenvalue weighted by atomic mass is 10.1. The zero-order chi connectivity index (χ0) is 14.7.